The first-order valence-electron chi connectivity index (χ1n) is 6.18. The third-order valence-corrected chi connectivity index (χ3v) is 2.58. The van der Waals surface area contributed by atoms with Crippen LogP contribution in [0.2, 0.25) is 0 Å². The van der Waals surface area contributed by atoms with Gasteiger partial charge in [-0.05, 0) is 37.6 Å². The van der Waals surface area contributed by atoms with Crippen LogP contribution < -0.4 is 20.1 Å². The second kappa shape index (κ2) is 5.64. The van der Waals surface area contributed by atoms with E-state index in [4.69, 9.17) is 9.47 Å². The Morgan fingerprint density at radius 2 is 1.90 bits per heavy atom. The first kappa shape index (κ1) is 13.9. The Labute approximate surface area is 116 Å². The van der Waals surface area contributed by atoms with E-state index in [2.05, 4.69) is 10.6 Å². The fourth-order valence-electron chi connectivity index (χ4n) is 1.77. The quantitative estimate of drug-likeness (QED) is 0.647. The number of hydrogen-bond acceptors (Lipinski definition) is 4. The van der Waals surface area contributed by atoms with Crippen LogP contribution in [0.15, 0.2) is 23.9 Å². The van der Waals surface area contributed by atoms with Gasteiger partial charge in [-0.15, -0.1) is 0 Å². The zero-order valence-corrected chi connectivity index (χ0v) is 11.5. The molecular weight excluding hydrogens is 260 g/mol. The van der Waals surface area contributed by atoms with Crippen LogP contribution in [-0.2, 0) is 4.79 Å². The average Bonchev–Trinajstić information content (AvgIpc) is 2.69. The molecule has 2 rings (SSSR count). The Kier molecular flexibility index (Phi) is 3.93. The van der Waals surface area contributed by atoms with E-state index in [9.17, 15) is 9.59 Å². The summed E-state index contributed by atoms with van der Waals surface area (Å²) in [7, 11) is 1.55. The molecule has 1 aromatic carbocycles. The molecule has 106 valence electrons. The Balaban J connectivity index is 2.28. The number of hydrogen-bond donors (Lipinski definition) is 2. The van der Waals surface area contributed by atoms with E-state index in [0.717, 1.165) is 5.56 Å². The Morgan fingerprint density at radius 1 is 1.15 bits per heavy atom. The van der Waals surface area contributed by atoms with Crippen LogP contribution in [-0.4, -0.2) is 25.2 Å². The van der Waals surface area contributed by atoms with Crippen molar-refractivity contribution in [1.82, 2.24) is 10.6 Å². The molecule has 6 heteroatoms. The van der Waals surface area contributed by atoms with Crippen molar-refractivity contribution in [2.75, 3.05) is 7.11 Å². The number of carbonyl (C=O) groups is 2. The maximum Gasteiger partial charge on any atom is 0.326 e. The molecule has 6 nitrogen and oxygen atoms in total. The number of carbonyl (C=O) groups excluding carboxylic acids is 2. The predicted molar refractivity (Wildman–Crippen MR) is 73.4 cm³/mol. The van der Waals surface area contributed by atoms with E-state index in [1.165, 1.54) is 0 Å². The van der Waals surface area contributed by atoms with Gasteiger partial charge in [-0.25, -0.2) is 4.79 Å². The molecule has 1 fully saturated rings. The number of ether oxygens (including phenoxy) is 2. The molecule has 1 heterocycles. The molecule has 0 unspecified atom stereocenters. The van der Waals surface area contributed by atoms with Crippen LogP contribution in [0.4, 0.5) is 4.79 Å². The molecular formula is C14H16N2O4. The Bertz CT molecular complexity index is 579. The third kappa shape index (κ3) is 3.09. The van der Waals surface area contributed by atoms with Crippen molar-refractivity contribution in [3.8, 4) is 11.5 Å². The normalized spacial score (nSPS) is 16.3. The molecule has 2 N–H and O–H groups in total. The second-order valence-electron chi connectivity index (χ2n) is 4.54. The molecule has 0 radical (unpaired) electrons. The first-order valence-corrected chi connectivity index (χ1v) is 6.18. The highest BCUT2D eigenvalue weighted by Crippen LogP contribution is 2.29. The van der Waals surface area contributed by atoms with E-state index in [1.54, 1.807) is 31.4 Å². The number of amides is 3. The molecule has 0 aromatic heterocycles. The summed E-state index contributed by atoms with van der Waals surface area (Å²) in [4.78, 5) is 22.5. The molecule has 1 aliphatic rings. The van der Waals surface area contributed by atoms with Gasteiger partial charge >= 0.3 is 6.03 Å². The summed E-state index contributed by atoms with van der Waals surface area (Å²) < 4.78 is 10.9. The summed E-state index contributed by atoms with van der Waals surface area (Å²) in [6.07, 6.45) is 1.61. The van der Waals surface area contributed by atoms with Crippen LogP contribution in [0.1, 0.15) is 19.4 Å². The van der Waals surface area contributed by atoms with Gasteiger partial charge in [-0.2, -0.15) is 0 Å². The van der Waals surface area contributed by atoms with E-state index < -0.39 is 11.9 Å². The number of imide groups is 1. The van der Waals surface area contributed by atoms with Gasteiger partial charge < -0.3 is 14.8 Å². The summed E-state index contributed by atoms with van der Waals surface area (Å²) in [5.74, 6) is 0.749. The average molecular weight is 276 g/mol. The van der Waals surface area contributed by atoms with Gasteiger partial charge in [0.25, 0.3) is 5.91 Å². The van der Waals surface area contributed by atoms with Crippen molar-refractivity contribution in [2.24, 2.45) is 0 Å². The van der Waals surface area contributed by atoms with Gasteiger partial charge in [0.05, 0.1) is 13.2 Å². The number of methoxy groups -OCH3 is 1. The van der Waals surface area contributed by atoms with Crippen molar-refractivity contribution >= 4 is 18.0 Å². The zero-order valence-electron chi connectivity index (χ0n) is 11.5. The van der Waals surface area contributed by atoms with Gasteiger partial charge in [0.15, 0.2) is 11.5 Å². The molecule has 1 aliphatic heterocycles. The summed E-state index contributed by atoms with van der Waals surface area (Å²) in [5, 5.41) is 4.57. The Morgan fingerprint density at radius 3 is 2.45 bits per heavy atom. The molecule has 0 spiro atoms. The van der Waals surface area contributed by atoms with Gasteiger partial charge in [-0.3, -0.25) is 10.1 Å². The number of rotatable bonds is 4. The molecule has 0 atom stereocenters. The van der Waals surface area contributed by atoms with Crippen molar-refractivity contribution in [2.45, 2.75) is 20.0 Å². The number of benzene rings is 1. The molecule has 0 bridgehead atoms. The topological polar surface area (TPSA) is 76.7 Å². The lowest BCUT2D eigenvalue weighted by molar-refractivity contribution is -0.115. The van der Waals surface area contributed by atoms with Crippen molar-refractivity contribution in [3.05, 3.63) is 29.5 Å². The molecule has 1 aromatic rings. The first-order chi connectivity index (χ1) is 9.49. The lowest BCUT2D eigenvalue weighted by Gasteiger charge is -2.13. The van der Waals surface area contributed by atoms with Crippen molar-refractivity contribution in [1.29, 1.82) is 0 Å². The maximum atomic E-state index is 11.4. The molecule has 1 saturated heterocycles. The van der Waals surface area contributed by atoms with Crippen LogP contribution in [0, 0.1) is 0 Å². The van der Waals surface area contributed by atoms with Gasteiger partial charge in [0.2, 0.25) is 0 Å². The standard InChI is InChI=1S/C14H16N2O4/c1-8(2)20-11-5-4-9(7-12(11)19-3)6-10-13(17)16-14(18)15-10/h4-8H,1-3H3,(H2,15,16,17,18)/b10-6-. The summed E-state index contributed by atoms with van der Waals surface area (Å²) in [6, 6.07) is 4.76. The maximum absolute atomic E-state index is 11.4. The smallest absolute Gasteiger partial charge is 0.326 e. The third-order valence-electron chi connectivity index (χ3n) is 2.58. The highest BCUT2D eigenvalue weighted by molar-refractivity contribution is 6.13. The largest absolute Gasteiger partial charge is 0.493 e. The van der Waals surface area contributed by atoms with E-state index in [-0.39, 0.29) is 11.8 Å². The summed E-state index contributed by atoms with van der Waals surface area (Å²) in [6.45, 7) is 3.85. The van der Waals surface area contributed by atoms with Gasteiger partial charge in [0.1, 0.15) is 5.70 Å². The van der Waals surface area contributed by atoms with Gasteiger partial charge in [-0.1, -0.05) is 6.07 Å². The van der Waals surface area contributed by atoms with Crippen LogP contribution >= 0.6 is 0 Å². The molecule has 20 heavy (non-hydrogen) atoms. The minimum Gasteiger partial charge on any atom is -0.493 e. The fourth-order valence-corrected chi connectivity index (χ4v) is 1.77. The summed E-state index contributed by atoms with van der Waals surface area (Å²) >= 11 is 0. The minimum absolute atomic E-state index is 0.0352. The number of urea groups is 1. The predicted octanol–water partition coefficient (Wildman–Crippen LogP) is 1.66. The van der Waals surface area contributed by atoms with Gasteiger partial charge in [0, 0.05) is 0 Å². The van der Waals surface area contributed by atoms with E-state index in [1.807, 2.05) is 13.8 Å². The highest BCUT2D eigenvalue weighted by Gasteiger charge is 2.22. The molecule has 3 amide bonds. The summed E-state index contributed by atoms with van der Waals surface area (Å²) in [5.41, 5.74) is 0.930. The lowest BCUT2D eigenvalue weighted by atomic mass is 10.1. The number of nitrogens with one attached hydrogen (secondary N) is 2. The Hall–Kier alpha value is -2.50. The fraction of sp³-hybridized carbons (Fsp3) is 0.286. The lowest BCUT2D eigenvalue weighted by Crippen LogP contribution is -2.22. The molecule has 0 saturated carbocycles. The minimum atomic E-state index is -0.520. The van der Waals surface area contributed by atoms with Crippen LogP contribution in [0.5, 0.6) is 11.5 Å². The van der Waals surface area contributed by atoms with Crippen LogP contribution in [0.3, 0.4) is 0 Å². The van der Waals surface area contributed by atoms with Crippen molar-refractivity contribution in [3.63, 3.8) is 0 Å². The highest BCUT2D eigenvalue weighted by atomic mass is 16.5. The van der Waals surface area contributed by atoms with Crippen molar-refractivity contribution < 1.29 is 19.1 Å². The van der Waals surface area contributed by atoms with Crippen LogP contribution in [0.25, 0.3) is 6.08 Å². The zero-order chi connectivity index (χ0) is 14.7. The molecule has 0 aliphatic carbocycles. The SMILES string of the molecule is COc1cc(/C=C2\NC(=O)NC2=O)ccc1OC(C)C. The van der Waals surface area contributed by atoms with E-state index >= 15 is 0 Å². The monoisotopic (exact) mass is 276 g/mol. The van der Waals surface area contributed by atoms with E-state index in [0.29, 0.717) is 11.5 Å². The second-order valence-corrected chi connectivity index (χ2v) is 4.54.